The van der Waals surface area contributed by atoms with Gasteiger partial charge in [0.05, 0.1) is 17.4 Å². The summed E-state index contributed by atoms with van der Waals surface area (Å²) in [5.74, 6) is 0.868. The van der Waals surface area contributed by atoms with E-state index in [1.807, 2.05) is 13.0 Å². The topological polar surface area (TPSA) is 62.7 Å². The Bertz CT molecular complexity index is 651. The van der Waals surface area contributed by atoms with E-state index in [9.17, 15) is 9.90 Å². The summed E-state index contributed by atoms with van der Waals surface area (Å²) in [4.78, 5) is 18.4. The molecule has 122 valence electrons. The van der Waals surface area contributed by atoms with Crippen LogP contribution in [0.1, 0.15) is 31.1 Å². The zero-order chi connectivity index (χ0) is 16.9. The number of benzene rings is 1. The van der Waals surface area contributed by atoms with Gasteiger partial charge in [-0.2, -0.15) is 0 Å². The molecular formula is C18H22N2O3. The number of para-hydroxylation sites is 1. The summed E-state index contributed by atoms with van der Waals surface area (Å²) >= 11 is 0. The summed E-state index contributed by atoms with van der Waals surface area (Å²) < 4.78 is 5.78. The van der Waals surface area contributed by atoms with Gasteiger partial charge in [-0.05, 0) is 45.0 Å². The fourth-order valence-electron chi connectivity index (χ4n) is 2.23. The number of rotatable bonds is 6. The number of ether oxygens (including phenoxy) is 1. The monoisotopic (exact) mass is 314 g/mol. The van der Waals surface area contributed by atoms with Crippen molar-refractivity contribution in [2.24, 2.45) is 0 Å². The van der Waals surface area contributed by atoms with Gasteiger partial charge in [-0.25, -0.2) is 0 Å². The van der Waals surface area contributed by atoms with E-state index >= 15 is 0 Å². The molecule has 1 amide bonds. The van der Waals surface area contributed by atoms with Gasteiger partial charge in [-0.15, -0.1) is 0 Å². The highest BCUT2D eigenvalue weighted by molar-refractivity contribution is 5.97. The van der Waals surface area contributed by atoms with E-state index in [-0.39, 0.29) is 12.5 Å². The van der Waals surface area contributed by atoms with Crippen molar-refractivity contribution in [3.05, 3.63) is 54.4 Å². The van der Waals surface area contributed by atoms with Gasteiger partial charge in [0.2, 0.25) is 0 Å². The first kappa shape index (κ1) is 17.0. The van der Waals surface area contributed by atoms with Crippen LogP contribution in [0.5, 0.6) is 11.5 Å². The molecule has 1 N–H and O–H groups in total. The summed E-state index contributed by atoms with van der Waals surface area (Å²) in [6, 6.07) is 10.6. The second-order valence-corrected chi connectivity index (χ2v) is 5.92. The number of hydrogen-bond donors (Lipinski definition) is 1. The van der Waals surface area contributed by atoms with Crippen LogP contribution in [0.4, 0.5) is 0 Å². The van der Waals surface area contributed by atoms with Crippen LogP contribution in [-0.2, 0) is 0 Å². The lowest BCUT2D eigenvalue weighted by Crippen LogP contribution is -2.42. The molecule has 0 aliphatic heterocycles. The van der Waals surface area contributed by atoms with Crippen LogP contribution in [0, 0.1) is 0 Å². The van der Waals surface area contributed by atoms with Crippen LogP contribution in [0.25, 0.3) is 0 Å². The number of aliphatic hydroxyl groups is 1. The first-order valence-corrected chi connectivity index (χ1v) is 7.59. The van der Waals surface area contributed by atoms with Gasteiger partial charge >= 0.3 is 0 Å². The maximum absolute atomic E-state index is 12.8. The van der Waals surface area contributed by atoms with E-state index in [1.54, 1.807) is 61.5 Å². The molecule has 0 atom stereocenters. The quantitative estimate of drug-likeness (QED) is 0.890. The Morgan fingerprint density at radius 3 is 2.61 bits per heavy atom. The summed E-state index contributed by atoms with van der Waals surface area (Å²) in [7, 11) is 0. The number of likely N-dealkylation sites (N-methyl/N-ethyl adjacent to an activating group) is 1. The van der Waals surface area contributed by atoms with Crippen molar-refractivity contribution in [2.75, 3.05) is 13.1 Å². The molecule has 0 saturated heterocycles. The molecule has 0 radical (unpaired) electrons. The third-order valence-corrected chi connectivity index (χ3v) is 3.23. The smallest absolute Gasteiger partial charge is 0.257 e. The van der Waals surface area contributed by atoms with Gasteiger partial charge < -0.3 is 14.7 Å². The highest BCUT2D eigenvalue weighted by Gasteiger charge is 2.24. The molecular weight excluding hydrogens is 292 g/mol. The van der Waals surface area contributed by atoms with Gasteiger partial charge in [-0.3, -0.25) is 9.78 Å². The Kier molecular flexibility index (Phi) is 5.34. The van der Waals surface area contributed by atoms with Crippen molar-refractivity contribution < 1.29 is 14.6 Å². The molecule has 2 aromatic rings. The van der Waals surface area contributed by atoms with E-state index in [2.05, 4.69) is 4.98 Å². The Morgan fingerprint density at radius 2 is 2.00 bits per heavy atom. The summed E-state index contributed by atoms with van der Waals surface area (Å²) in [5, 5.41) is 9.99. The fourth-order valence-corrected chi connectivity index (χ4v) is 2.23. The van der Waals surface area contributed by atoms with Crippen molar-refractivity contribution in [2.45, 2.75) is 26.4 Å². The van der Waals surface area contributed by atoms with Gasteiger partial charge in [-0.1, -0.05) is 12.1 Å². The lowest BCUT2D eigenvalue weighted by molar-refractivity contribution is 0.0313. The first-order chi connectivity index (χ1) is 10.9. The molecule has 0 aliphatic rings. The maximum atomic E-state index is 12.8. The molecule has 2 rings (SSSR count). The molecule has 0 aliphatic carbocycles. The second kappa shape index (κ2) is 7.24. The van der Waals surface area contributed by atoms with Crippen LogP contribution < -0.4 is 4.74 Å². The predicted molar refractivity (Wildman–Crippen MR) is 88.6 cm³/mol. The molecule has 0 bridgehead atoms. The van der Waals surface area contributed by atoms with Crippen molar-refractivity contribution in [1.82, 2.24) is 9.88 Å². The SMILES string of the molecule is CCN(CC(C)(C)O)C(=O)c1ccccc1Oc1cccnc1. The highest BCUT2D eigenvalue weighted by atomic mass is 16.5. The zero-order valence-electron chi connectivity index (χ0n) is 13.7. The number of carbonyl (C=O) groups excluding carboxylic acids is 1. The van der Waals surface area contributed by atoms with E-state index in [1.165, 1.54) is 0 Å². The Balaban J connectivity index is 2.26. The molecule has 5 nitrogen and oxygen atoms in total. The van der Waals surface area contributed by atoms with Crippen LogP contribution >= 0.6 is 0 Å². The number of carbonyl (C=O) groups is 1. The van der Waals surface area contributed by atoms with Crippen molar-refractivity contribution in [3.8, 4) is 11.5 Å². The number of hydrogen-bond acceptors (Lipinski definition) is 4. The molecule has 0 saturated carbocycles. The third-order valence-electron chi connectivity index (χ3n) is 3.23. The minimum atomic E-state index is -0.954. The normalized spacial score (nSPS) is 11.1. The first-order valence-electron chi connectivity index (χ1n) is 7.59. The summed E-state index contributed by atoms with van der Waals surface area (Å²) in [5.41, 5.74) is -0.493. The highest BCUT2D eigenvalue weighted by Crippen LogP contribution is 2.26. The minimum Gasteiger partial charge on any atom is -0.455 e. The van der Waals surface area contributed by atoms with Crippen LogP contribution in [0.3, 0.4) is 0 Å². The van der Waals surface area contributed by atoms with Crippen LogP contribution in [0.15, 0.2) is 48.8 Å². The second-order valence-electron chi connectivity index (χ2n) is 5.92. The molecule has 0 spiro atoms. The largest absolute Gasteiger partial charge is 0.455 e. The lowest BCUT2D eigenvalue weighted by atomic mass is 10.1. The van der Waals surface area contributed by atoms with Crippen molar-refractivity contribution >= 4 is 5.91 Å². The molecule has 1 heterocycles. The molecule has 1 aromatic heterocycles. The number of amides is 1. The lowest BCUT2D eigenvalue weighted by Gasteiger charge is -2.28. The van der Waals surface area contributed by atoms with E-state index in [0.717, 1.165) is 0 Å². The predicted octanol–water partition coefficient (Wildman–Crippen LogP) is 3.11. The summed E-state index contributed by atoms with van der Waals surface area (Å²) in [6.07, 6.45) is 3.25. The number of nitrogens with zero attached hydrogens (tertiary/aromatic N) is 2. The Morgan fingerprint density at radius 1 is 1.26 bits per heavy atom. The van der Waals surface area contributed by atoms with E-state index in [4.69, 9.17) is 4.74 Å². The minimum absolute atomic E-state index is 0.172. The van der Waals surface area contributed by atoms with E-state index in [0.29, 0.717) is 23.6 Å². The molecule has 23 heavy (non-hydrogen) atoms. The van der Waals surface area contributed by atoms with Gasteiger partial charge in [0.25, 0.3) is 5.91 Å². The molecule has 1 aromatic carbocycles. The Labute approximate surface area is 136 Å². The molecule has 0 fully saturated rings. The molecule has 5 heteroatoms. The van der Waals surface area contributed by atoms with Crippen LogP contribution in [0.2, 0.25) is 0 Å². The number of pyridine rings is 1. The van der Waals surface area contributed by atoms with Gasteiger partial charge in [0.1, 0.15) is 11.5 Å². The van der Waals surface area contributed by atoms with E-state index < -0.39 is 5.60 Å². The average molecular weight is 314 g/mol. The average Bonchev–Trinajstić information content (AvgIpc) is 2.52. The van der Waals surface area contributed by atoms with Crippen molar-refractivity contribution in [3.63, 3.8) is 0 Å². The van der Waals surface area contributed by atoms with Crippen LogP contribution in [-0.4, -0.2) is 39.6 Å². The zero-order valence-corrected chi connectivity index (χ0v) is 13.7. The van der Waals surface area contributed by atoms with Crippen molar-refractivity contribution in [1.29, 1.82) is 0 Å². The maximum Gasteiger partial charge on any atom is 0.257 e. The van der Waals surface area contributed by atoms with Gasteiger partial charge in [0.15, 0.2) is 0 Å². The third kappa shape index (κ3) is 4.79. The molecule has 0 unspecified atom stereocenters. The summed E-state index contributed by atoms with van der Waals surface area (Å²) in [6.45, 7) is 6.00. The number of aromatic nitrogens is 1. The fraction of sp³-hybridized carbons (Fsp3) is 0.333. The standard InChI is InChI=1S/C18H22N2O3/c1-4-20(13-18(2,3)22)17(21)15-9-5-6-10-16(15)23-14-8-7-11-19-12-14/h5-12,22H,4,13H2,1-3H3. The van der Waals surface area contributed by atoms with Gasteiger partial charge in [0, 0.05) is 19.3 Å². The Hall–Kier alpha value is -2.40.